The van der Waals surface area contributed by atoms with E-state index < -0.39 is 16.1 Å². The maximum absolute atomic E-state index is 13.5. The summed E-state index contributed by atoms with van der Waals surface area (Å²) < 4.78 is 34.1. The van der Waals surface area contributed by atoms with Crippen LogP contribution >= 0.6 is 0 Å². The SMILES string of the molecule is Cc1ccc(S(=O)(=O)N2CC(C(=O)NCc3ccc4ccccc4c3)Oc3ccccc32)cc1. The second kappa shape index (κ2) is 8.83. The van der Waals surface area contributed by atoms with Crippen LogP contribution < -0.4 is 14.4 Å². The molecule has 0 saturated heterocycles. The van der Waals surface area contributed by atoms with Gasteiger partial charge < -0.3 is 10.1 Å². The van der Waals surface area contributed by atoms with Crippen LogP contribution in [0.4, 0.5) is 5.69 Å². The van der Waals surface area contributed by atoms with E-state index in [9.17, 15) is 13.2 Å². The summed E-state index contributed by atoms with van der Waals surface area (Å²) in [5.74, 6) is -0.0120. The van der Waals surface area contributed by atoms with E-state index in [-0.39, 0.29) is 17.3 Å². The molecule has 1 atom stereocenters. The Bertz CT molecular complexity index is 1470. The molecule has 0 bridgehead atoms. The van der Waals surface area contributed by atoms with Gasteiger partial charge in [-0.3, -0.25) is 9.10 Å². The van der Waals surface area contributed by atoms with E-state index in [0.29, 0.717) is 18.0 Å². The first-order valence-corrected chi connectivity index (χ1v) is 12.5. The van der Waals surface area contributed by atoms with Crippen LogP contribution in [0.25, 0.3) is 10.8 Å². The summed E-state index contributed by atoms with van der Waals surface area (Å²) in [6.45, 7) is 2.10. The minimum Gasteiger partial charge on any atom is -0.476 e. The summed E-state index contributed by atoms with van der Waals surface area (Å²) in [7, 11) is -3.88. The van der Waals surface area contributed by atoms with Gasteiger partial charge in [0.25, 0.3) is 15.9 Å². The summed E-state index contributed by atoms with van der Waals surface area (Å²) in [6.07, 6.45) is -0.976. The molecule has 1 N–H and O–H groups in total. The first-order valence-electron chi connectivity index (χ1n) is 11.0. The van der Waals surface area contributed by atoms with Crippen LogP contribution in [0.15, 0.2) is 95.9 Å². The molecule has 172 valence electrons. The van der Waals surface area contributed by atoms with Crippen molar-refractivity contribution in [3.63, 3.8) is 0 Å². The van der Waals surface area contributed by atoms with Crippen molar-refractivity contribution in [3.05, 3.63) is 102 Å². The van der Waals surface area contributed by atoms with E-state index in [4.69, 9.17) is 4.74 Å². The summed E-state index contributed by atoms with van der Waals surface area (Å²) in [4.78, 5) is 13.2. The molecule has 0 fully saturated rings. The predicted molar refractivity (Wildman–Crippen MR) is 132 cm³/mol. The number of para-hydroxylation sites is 2. The third-order valence-corrected chi connectivity index (χ3v) is 7.71. The number of carbonyl (C=O) groups excluding carboxylic acids is 1. The molecule has 1 aliphatic rings. The van der Waals surface area contributed by atoms with Gasteiger partial charge in [0, 0.05) is 6.54 Å². The number of rotatable bonds is 5. The van der Waals surface area contributed by atoms with E-state index in [1.165, 1.54) is 4.31 Å². The molecule has 1 amide bonds. The predicted octanol–water partition coefficient (Wildman–Crippen LogP) is 4.42. The van der Waals surface area contributed by atoms with E-state index in [2.05, 4.69) is 5.32 Å². The Hall–Kier alpha value is -3.84. The van der Waals surface area contributed by atoms with Crippen molar-refractivity contribution in [1.29, 1.82) is 0 Å². The zero-order valence-corrected chi connectivity index (χ0v) is 19.5. The monoisotopic (exact) mass is 472 g/mol. The van der Waals surface area contributed by atoms with Crippen LogP contribution in [0, 0.1) is 6.92 Å². The lowest BCUT2D eigenvalue weighted by Crippen LogP contribution is -2.50. The molecule has 6 nitrogen and oxygen atoms in total. The summed E-state index contributed by atoms with van der Waals surface area (Å²) in [5.41, 5.74) is 2.33. The fraction of sp³-hybridized carbons (Fsp3) is 0.148. The van der Waals surface area contributed by atoms with Gasteiger partial charge >= 0.3 is 0 Å². The van der Waals surface area contributed by atoms with Crippen LogP contribution in [0.5, 0.6) is 5.75 Å². The largest absolute Gasteiger partial charge is 0.476 e. The standard InChI is InChI=1S/C27H24N2O4S/c1-19-10-14-23(15-11-19)34(31,32)29-18-26(33-25-9-5-4-8-24(25)29)27(30)28-17-20-12-13-21-6-2-3-7-22(21)16-20/h2-16,26H,17-18H2,1H3,(H,28,30). The molecule has 4 aromatic rings. The van der Waals surface area contributed by atoms with Gasteiger partial charge in [0.1, 0.15) is 5.75 Å². The number of hydrogen-bond donors (Lipinski definition) is 1. The number of hydrogen-bond acceptors (Lipinski definition) is 4. The first-order chi connectivity index (χ1) is 16.4. The number of nitrogens with one attached hydrogen (secondary N) is 1. The number of fused-ring (bicyclic) bond motifs is 2. The molecule has 0 saturated carbocycles. The molecular formula is C27H24N2O4S. The number of nitrogens with zero attached hydrogens (tertiary/aromatic N) is 1. The zero-order chi connectivity index (χ0) is 23.7. The number of sulfonamides is 1. The van der Waals surface area contributed by atoms with Crippen molar-refractivity contribution in [3.8, 4) is 5.75 Å². The number of amides is 1. The molecule has 7 heteroatoms. The molecule has 4 aromatic carbocycles. The molecule has 5 rings (SSSR count). The van der Waals surface area contributed by atoms with Gasteiger partial charge in [0.15, 0.2) is 6.10 Å². The van der Waals surface area contributed by atoms with Crippen molar-refractivity contribution < 1.29 is 17.9 Å². The average Bonchev–Trinajstić information content (AvgIpc) is 2.86. The molecule has 34 heavy (non-hydrogen) atoms. The van der Waals surface area contributed by atoms with Gasteiger partial charge in [0.2, 0.25) is 0 Å². The lowest BCUT2D eigenvalue weighted by molar-refractivity contribution is -0.127. The van der Waals surface area contributed by atoms with Crippen molar-refractivity contribution in [2.45, 2.75) is 24.5 Å². The number of aryl methyl sites for hydroxylation is 1. The van der Waals surface area contributed by atoms with E-state index in [1.54, 1.807) is 48.5 Å². The number of carbonyl (C=O) groups is 1. The summed E-state index contributed by atoms with van der Waals surface area (Å²) >= 11 is 0. The smallest absolute Gasteiger partial charge is 0.264 e. The number of anilines is 1. The van der Waals surface area contributed by atoms with Gasteiger partial charge in [0.05, 0.1) is 17.1 Å². The summed E-state index contributed by atoms with van der Waals surface area (Å²) in [6, 6.07) is 27.6. The lowest BCUT2D eigenvalue weighted by Gasteiger charge is -2.34. The van der Waals surface area contributed by atoms with Crippen LogP contribution in [0.2, 0.25) is 0 Å². The third kappa shape index (κ3) is 4.22. The van der Waals surface area contributed by atoms with Crippen molar-refractivity contribution in [1.82, 2.24) is 5.32 Å². The maximum atomic E-state index is 13.5. The Morgan fingerprint density at radius 1 is 0.941 bits per heavy atom. The van der Waals surface area contributed by atoms with Crippen LogP contribution in [-0.4, -0.2) is 27.0 Å². The van der Waals surface area contributed by atoms with E-state index >= 15 is 0 Å². The topological polar surface area (TPSA) is 75.7 Å². The van der Waals surface area contributed by atoms with Gasteiger partial charge in [-0.1, -0.05) is 66.2 Å². The highest BCUT2D eigenvalue weighted by Crippen LogP contribution is 2.36. The van der Waals surface area contributed by atoms with Crippen molar-refractivity contribution in [2.24, 2.45) is 0 Å². The Morgan fingerprint density at radius 2 is 1.65 bits per heavy atom. The van der Waals surface area contributed by atoms with Gasteiger partial charge in [-0.15, -0.1) is 0 Å². The molecule has 0 radical (unpaired) electrons. The normalized spacial score (nSPS) is 15.4. The fourth-order valence-electron chi connectivity index (χ4n) is 4.06. The second-order valence-electron chi connectivity index (χ2n) is 8.32. The highest BCUT2D eigenvalue weighted by atomic mass is 32.2. The summed E-state index contributed by atoms with van der Waals surface area (Å²) in [5, 5.41) is 5.11. The molecule has 1 heterocycles. The fourth-order valence-corrected chi connectivity index (χ4v) is 5.53. The van der Waals surface area contributed by atoms with Gasteiger partial charge in [-0.2, -0.15) is 0 Å². The number of benzene rings is 4. The average molecular weight is 473 g/mol. The molecule has 0 aromatic heterocycles. The van der Waals surface area contributed by atoms with E-state index in [1.807, 2.05) is 49.4 Å². The Morgan fingerprint density at radius 3 is 2.44 bits per heavy atom. The Kier molecular flexibility index (Phi) is 5.71. The minimum atomic E-state index is -3.88. The third-order valence-electron chi connectivity index (χ3n) is 5.92. The molecule has 1 unspecified atom stereocenters. The van der Waals surface area contributed by atoms with Crippen LogP contribution in [0.3, 0.4) is 0 Å². The first kappa shape index (κ1) is 22.0. The van der Waals surface area contributed by atoms with Crippen LogP contribution in [-0.2, 0) is 21.4 Å². The maximum Gasteiger partial charge on any atom is 0.264 e. The molecule has 0 aliphatic carbocycles. The van der Waals surface area contributed by atoms with Crippen molar-refractivity contribution >= 4 is 32.4 Å². The molecule has 0 spiro atoms. The lowest BCUT2D eigenvalue weighted by atomic mass is 10.1. The number of ether oxygens (including phenoxy) is 1. The molecule has 1 aliphatic heterocycles. The minimum absolute atomic E-state index is 0.114. The second-order valence-corrected chi connectivity index (χ2v) is 10.2. The van der Waals surface area contributed by atoms with Gasteiger partial charge in [-0.05, 0) is 53.6 Å². The van der Waals surface area contributed by atoms with Crippen LogP contribution in [0.1, 0.15) is 11.1 Å². The highest BCUT2D eigenvalue weighted by Gasteiger charge is 2.37. The van der Waals surface area contributed by atoms with E-state index in [0.717, 1.165) is 21.9 Å². The highest BCUT2D eigenvalue weighted by molar-refractivity contribution is 7.92. The quantitative estimate of drug-likeness (QED) is 0.467. The molecular weight excluding hydrogens is 448 g/mol. The van der Waals surface area contributed by atoms with Gasteiger partial charge in [-0.25, -0.2) is 8.42 Å². The zero-order valence-electron chi connectivity index (χ0n) is 18.6. The Labute approximate surface area is 198 Å². The Balaban J connectivity index is 1.38. The van der Waals surface area contributed by atoms with Crippen molar-refractivity contribution in [2.75, 3.05) is 10.8 Å².